The summed E-state index contributed by atoms with van der Waals surface area (Å²) in [6.45, 7) is 0. The lowest BCUT2D eigenvalue weighted by Crippen LogP contribution is -2.37. The lowest BCUT2D eigenvalue weighted by Gasteiger charge is -2.22. The Labute approximate surface area is 75.9 Å². The van der Waals surface area contributed by atoms with E-state index in [1.54, 1.807) is 0 Å². The second kappa shape index (κ2) is 2.18. The second-order valence-corrected chi connectivity index (χ2v) is 2.56. The lowest BCUT2D eigenvalue weighted by molar-refractivity contribution is 0.303. The third-order valence-electron chi connectivity index (χ3n) is 1.82. The van der Waals surface area contributed by atoms with Gasteiger partial charge in [0.2, 0.25) is 23.3 Å². The first-order valence-corrected chi connectivity index (χ1v) is 3.54. The highest BCUT2D eigenvalue weighted by Crippen LogP contribution is 2.39. The highest BCUT2D eigenvalue weighted by molar-refractivity contribution is 5.82. The average Bonchev–Trinajstić information content (AvgIpc) is 2.82. The number of fused-ring (bicyclic) bond motifs is 2. The first-order valence-electron chi connectivity index (χ1n) is 3.54. The van der Waals surface area contributed by atoms with E-state index in [0.717, 1.165) is 10.0 Å². The minimum absolute atomic E-state index is 0.246. The molecule has 10 heteroatoms. The van der Waals surface area contributed by atoms with E-state index >= 15 is 0 Å². The Kier molecular flexibility index (Phi) is 1.13. The Balaban J connectivity index is 2.26. The molecule has 0 radical (unpaired) electrons. The molecule has 0 fully saturated rings. The SMILES string of the molecule is NN1c2nonc2N(N)c2nonc21. The predicted molar refractivity (Wildman–Crippen MR) is 41.2 cm³/mol. The van der Waals surface area contributed by atoms with Gasteiger partial charge in [0.05, 0.1) is 0 Å². The van der Waals surface area contributed by atoms with Crippen LogP contribution in [-0.2, 0) is 0 Å². The van der Waals surface area contributed by atoms with Gasteiger partial charge in [-0.3, -0.25) is 0 Å². The molecule has 0 aromatic carbocycles. The fourth-order valence-corrected chi connectivity index (χ4v) is 1.17. The number of hydrazine groups is 2. The van der Waals surface area contributed by atoms with Crippen molar-refractivity contribution in [2.24, 2.45) is 11.7 Å². The predicted octanol–water partition coefficient (Wildman–Crippen LogP) is -1.21. The van der Waals surface area contributed by atoms with Gasteiger partial charge in [0.1, 0.15) is 0 Å². The van der Waals surface area contributed by atoms with Gasteiger partial charge in [-0.1, -0.05) is 0 Å². The Bertz CT molecular complexity index is 394. The summed E-state index contributed by atoms with van der Waals surface area (Å²) in [6.07, 6.45) is 0. The fraction of sp³-hybridized carbons (Fsp3) is 0. The second-order valence-electron chi connectivity index (χ2n) is 2.56. The van der Waals surface area contributed by atoms with Gasteiger partial charge in [0.15, 0.2) is 0 Å². The number of anilines is 4. The molecule has 2 aromatic heterocycles. The maximum atomic E-state index is 5.64. The van der Waals surface area contributed by atoms with Crippen molar-refractivity contribution < 1.29 is 9.26 Å². The van der Waals surface area contributed by atoms with Gasteiger partial charge >= 0.3 is 0 Å². The Morgan fingerprint density at radius 1 is 0.714 bits per heavy atom. The van der Waals surface area contributed by atoms with Gasteiger partial charge in [-0.15, -0.1) is 0 Å². The quantitative estimate of drug-likeness (QED) is 0.493. The van der Waals surface area contributed by atoms with Crippen LogP contribution in [0, 0.1) is 0 Å². The van der Waals surface area contributed by atoms with E-state index in [-0.39, 0.29) is 23.3 Å². The number of rotatable bonds is 0. The summed E-state index contributed by atoms with van der Waals surface area (Å²) in [6, 6.07) is 0. The number of nitrogens with two attached hydrogens (primary N) is 2. The van der Waals surface area contributed by atoms with Crippen LogP contribution in [0.1, 0.15) is 0 Å². The molecule has 0 atom stereocenters. The van der Waals surface area contributed by atoms with E-state index in [2.05, 4.69) is 29.9 Å². The molecule has 3 rings (SSSR count). The number of hydrogen-bond acceptors (Lipinski definition) is 10. The topological polar surface area (TPSA) is 136 Å². The normalized spacial score (nSPS) is 14.1. The third kappa shape index (κ3) is 0.664. The van der Waals surface area contributed by atoms with Crippen molar-refractivity contribution in [2.75, 3.05) is 10.0 Å². The molecule has 0 aliphatic carbocycles. The monoisotopic (exact) mass is 196 g/mol. The van der Waals surface area contributed by atoms with E-state index in [1.165, 1.54) is 0 Å². The van der Waals surface area contributed by atoms with Gasteiger partial charge in [-0.25, -0.2) is 31.0 Å². The molecular weight excluding hydrogens is 192 g/mol. The van der Waals surface area contributed by atoms with Crippen LogP contribution in [0.2, 0.25) is 0 Å². The fourth-order valence-electron chi connectivity index (χ4n) is 1.17. The average molecular weight is 196 g/mol. The molecule has 1 aliphatic heterocycles. The van der Waals surface area contributed by atoms with Crippen LogP contribution in [0.4, 0.5) is 23.3 Å². The summed E-state index contributed by atoms with van der Waals surface area (Å²) in [5.41, 5.74) is 0. The van der Waals surface area contributed by atoms with Crippen LogP contribution < -0.4 is 21.7 Å². The summed E-state index contributed by atoms with van der Waals surface area (Å²) in [5, 5.41) is 16.5. The molecule has 0 spiro atoms. The number of aromatic nitrogens is 4. The minimum atomic E-state index is 0.246. The summed E-state index contributed by atoms with van der Waals surface area (Å²) in [5.74, 6) is 12.3. The highest BCUT2D eigenvalue weighted by Gasteiger charge is 2.34. The van der Waals surface area contributed by atoms with Crippen molar-refractivity contribution in [3.05, 3.63) is 0 Å². The van der Waals surface area contributed by atoms with Crippen LogP contribution in [0.3, 0.4) is 0 Å². The molecule has 4 N–H and O–H groups in total. The van der Waals surface area contributed by atoms with Crippen molar-refractivity contribution in [3.63, 3.8) is 0 Å². The van der Waals surface area contributed by atoms with E-state index in [9.17, 15) is 0 Å². The van der Waals surface area contributed by atoms with Crippen LogP contribution in [0.15, 0.2) is 9.26 Å². The molecule has 14 heavy (non-hydrogen) atoms. The van der Waals surface area contributed by atoms with Crippen LogP contribution >= 0.6 is 0 Å². The number of nitrogens with zero attached hydrogens (tertiary/aromatic N) is 6. The van der Waals surface area contributed by atoms with E-state index < -0.39 is 0 Å². The van der Waals surface area contributed by atoms with Crippen molar-refractivity contribution in [1.29, 1.82) is 0 Å². The molecule has 0 bridgehead atoms. The van der Waals surface area contributed by atoms with Crippen molar-refractivity contribution in [1.82, 2.24) is 20.6 Å². The molecule has 0 amide bonds. The Hall–Kier alpha value is -2.20. The molecule has 3 heterocycles. The third-order valence-corrected chi connectivity index (χ3v) is 1.82. The maximum Gasteiger partial charge on any atom is 0.240 e. The van der Waals surface area contributed by atoms with Crippen molar-refractivity contribution in [3.8, 4) is 0 Å². The van der Waals surface area contributed by atoms with Gasteiger partial charge in [-0.05, 0) is 20.6 Å². The van der Waals surface area contributed by atoms with E-state index in [0.29, 0.717) is 0 Å². The highest BCUT2D eigenvalue weighted by atomic mass is 16.6. The molecule has 10 nitrogen and oxygen atoms in total. The van der Waals surface area contributed by atoms with E-state index in [4.69, 9.17) is 11.7 Å². The Morgan fingerprint density at radius 3 is 1.29 bits per heavy atom. The van der Waals surface area contributed by atoms with Gasteiger partial charge in [0, 0.05) is 0 Å². The molecule has 0 saturated heterocycles. The summed E-state index contributed by atoms with van der Waals surface area (Å²) in [4.78, 5) is 0. The van der Waals surface area contributed by atoms with Crippen LogP contribution in [0.25, 0.3) is 0 Å². The molecule has 2 aromatic rings. The van der Waals surface area contributed by atoms with Crippen molar-refractivity contribution in [2.45, 2.75) is 0 Å². The lowest BCUT2D eigenvalue weighted by atomic mass is 10.4. The summed E-state index contributed by atoms with van der Waals surface area (Å²) >= 11 is 0. The largest absolute Gasteiger partial charge is 0.240 e. The first-order chi connectivity index (χ1) is 6.79. The zero-order valence-corrected chi connectivity index (χ0v) is 6.65. The Morgan fingerprint density at radius 2 is 1.00 bits per heavy atom. The summed E-state index contributed by atoms with van der Waals surface area (Å²) < 4.78 is 8.96. The maximum absolute atomic E-state index is 5.64. The molecular formula is C4H4N8O2. The zero-order valence-electron chi connectivity index (χ0n) is 6.65. The molecule has 0 saturated carbocycles. The van der Waals surface area contributed by atoms with Crippen LogP contribution in [-0.4, -0.2) is 20.6 Å². The zero-order chi connectivity index (χ0) is 9.71. The first kappa shape index (κ1) is 7.23. The molecule has 72 valence electrons. The standard InChI is InChI=1S/C4H4N8O2/c5-11-1-2(8-13-7-1)12(6)4-3(11)9-14-10-4/h5-6H2. The van der Waals surface area contributed by atoms with Crippen molar-refractivity contribution >= 4 is 23.3 Å². The van der Waals surface area contributed by atoms with E-state index in [1.807, 2.05) is 0 Å². The molecule has 1 aliphatic rings. The van der Waals surface area contributed by atoms with Crippen LogP contribution in [0.5, 0.6) is 0 Å². The van der Waals surface area contributed by atoms with Gasteiger partial charge < -0.3 is 0 Å². The van der Waals surface area contributed by atoms with Gasteiger partial charge in [-0.2, -0.15) is 0 Å². The molecule has 0 unspecified atom stereocenters. The number of hydrogen-bond donors (Lipinski definition) is 2. The van der Waals surface area contributed by atoms with Gasteiger partial charge in [0.25, 0.3) is 0 Å². The smallest absolute Gasteiger partial charge is 0.240 e. The summed E-state index contributed by atoms with van der Waals surface area (Å²) in [7, 11) is 0. The minimum Gasteiger partial charge on any atom is -0.240 e.